The van der Waals surface area contributed by atoms with Gasteiger partial charge in [-0.2, -0.15) is 17.4 Å². The van der Waals surface area contributed by atoms with Crippen molar-refractivity contribution >= 4 is 10.2 Å². The van der Waals surface area contributed by atoms with E-state index in [0.29, 0.717) is 6.54 Å². The van der Waals surface area contributed by atoms with Crippen molar-refractivity contribution in [2.24, 2.45) is 0 Å². The highest BCUT2D eigenvalue weighted by molar-refractivity contribution is 7.87. The summed E-state index contributed by atoms with van der Waals surface area (Å²) in [5.41, 5.74) is 1.06. The van der Waals surface area contributed by atoms with E-state index in [-0.39, 0.29) is 5.54 Å². The minimum Gasteiger partial charge on any atom is -0.299 e. The van der Waals surface area contributed by atoms with Crippen LogP contribution in [0.5, 0.6) is 0 Å². The van der Waals surface area contributed by atoms with Gasteiger partial charge in [0.25, 0.3) is 10.2 Å². The second-order valence-corrected chi connectivity index (χ2v) is 7.68. The molecule has 3 rings (SSSR count). The normalized spacial score (nSPS) is 26.1. The maximum absolute atomic E-state index is 11.8. The molecule has 0 saturated carbocycles. The molecule has 0 amide bonds. The van der Waals surface area contributed by atoms with Crippen molar-refractivity contribution in [2.75, 3.05) is 26.7 Å². The van der Waals surface area contributed by atoms with Crippen LogP contribution in [0.2, 0.25) is 0 Å². The molecule has 5 nitrogen and oxygen atoms in total. The number of hydrogen-bond acceptors (Lipinski definition) is 3. The Morgan fingerprint density at radius 1 is 1.20 bits per heavy atom. The summed E-state index contributed by atoms with van der Waals surface area (Å²) in [6.07, 6.45) is 1.76. The minimum atomic E-state index is -3.24. The van der Waals surface area contributed by atoms with Gasteiger partial charge in [-0.3, -0.25) is 4.90 Å². The van der Waals surface area contributed by atoms with Crippen molar-refractivity contribution in [3.63, 3.8) is 0 Å². The lowest BCUT2D eigenvalue weighted by molar-refractivity contribution is 0.145. The van der Waals surface area contributed by atoms with Crippen LogP contribution in [0.1, 0.15) is 18.4 Å². The first-order valence-electron chi connectivity index (χ1n) is 7.01. The summed E-state index contributed by atoms with van der Waals surface area (Å²) in [5, 5.41) is 0. The number of likely N-dealkylation sites (tertiary alicyclic amines) is 1. The average Bonchev–Trinajstić information content (AvgIpc) is 2.64. The molecule has 1 aromatic rings. The summed E-state index contributed by atoms with van der Waals surface area (Å²) in [6.45, 7) is 3.41. The quantitative estimate of drug-likeness (QED) is 0.878. The first-order valence-corrected chi connectivity index (χ1v) is 8.45. The largest absolute Gasteiger partial charge is 0.299 e. The first-order chi connectivity index (χ1) is 9.49. The van der Waals surface area contributed by atoms with Crippen molar-refractivity contribution in [1.82, 2.24) is 13.9 Å². The number of rotatable bonds is 2. The molecule has 0 radical (unpaired) electrons. The maximum atomic E-state index is 11.8. The molecule has 20 heavy (non-hydrogen) atoms. The van der Waals surface area contributed by atoms with Gasteiger partial charge in [-0.05, 0) is 18.4 Å². The molecule has 1 aromatic carbocycles. The third kappa shape index (κ3) is 2.74. The molecule has 6 heteroatoms. The van der Waals surface area contributed by atoms with Crippen LogP contribution in [0.15, 0.2) is 30.3 Å². The summed E-state index contributed by atoms with van der Waals surface area (Å²) >= 11 is 0. The summed E-state index contributed by atoms with van der Waals surface area (Å²) in [6, 6.07) is 10.4. The third-order valence-corrected chi connectivity index (χ3v) is 5.98. The second kappa shape index (κ2) is 5.11. The zero-order chi connectivity index (χ0) is 14.2. The van der Waals surface area contributed by atoms with Gasteiger partial charge in [-0.15, -0.1) is 0 Å². The van der Waals surface area contributed by atoms with Gasteiger partial charge in [0.1, 0.15) is 0 Å². The van der Waals surface area contributed by atoms with Crippen LogP contribution in [0, 0.1) is 0 Å². The summed E-state index contributed by atoms with van der Waals surface area (Å²) < 4.78 is 27.9. The Morgan fingerprint density at radius 3 is 2.40 bits per heavy atom. The van der Waals surface area contributed by atoms with E-state index < -0.39 is 10.2 Å². The highest BCUT2D eigenvalue weighted by Gasteiger charge is 2.46. The van der Waals surface area contributed by atoms with E-state index in [1.165, 1.54) is 9.87 Å². The fourth-order valence-electron chi connectivity index (χ4n) is 3.14. The first kappa shape index (κ1) is 14.0. The molecule has 2 aliphatic rings. The van der Waals surface area contributed by atoms with E-state index >= 15 is 0 Å². The maximum Gasteiger partial charge on any atom is 0.279 e. The lowest BCUT2D eigenvalue weighted by Gasteiger charge is -2.38. The standard InChI is InChI=1S/C14H21N3O2S/c1-16-12-14(15-20(16,18)19)7-9-17(10-8-14)11-13-5-3-2-4-6-13/h2-6,15H,7-12H2,1H3. The predicted octanol–water partition coefficient (Wildman–Crippen LogP) is 0.801. The lowest BCUT2D eigenvalue weighted by Crippen LogP contribution is -2.52. The Hall–Kier alpha value is -0.950. The van der Waals surface area contributed by atoms with Crippen LogP contribution in [0.4, 0.5) is 0 Å². The average molecular weight is 295 g/mol. The van der Waals surface area contributed by atoms with Crippen molar-refractivity contribution < 1.29 is 8.42 Å². The van der Waals surface area contributed by atoms with Crippen LogP contribution in [-0.4, -0.2) is 49.8 Å². The van der Waals surface area contributed by atoms with E-state index in [1.807, 2.05) is 6.07 Å². The van der Waals surface area contributed by atoms with Gasteiger partial charge in [0.05, 0.1) is 5.54 Å². The molecule has 2 heterocycles. The topological polar surface area (TPSA) is 52.6 Å². The zero-order valence-corrected chi connectivity index (χ0v) is 12.6. The Balaban J connectivity index is 1.61. The predicted molar refractivity (Wildman–Crippen MR) is 78.4 cm³/mol. The van der Waals surface area contributed by atoms with Crippen LogP contribution >= 0.6 is 0 Å². The van der Waals surface area contributed by atoms with Gasteiger partial charge in [-0.1, -0.05) is 30.3 Å². The molecule has 1 spiro atoms. The molecular formula is C14H21N3O2S. The van der Waals surface area contributed by atoms with Gasteiger partial charge < -0.3 is 0 Å². The zero-order valence-electron chi connectivity index (χ0n) is 11.7. The highest BCUT2D eigenvalue weighted by Crippen LogP contribution is 2.30. The van der Waals surface area contributed by atoms with Gasteiger partial charge in [-0.25, -0.2) is 0 Å². The number of hydrogen-bond donors (Lipinski definition) is 1. The van der Waals surface area contributed by atoms with E-state index in [4.69, 9.17) is 0 Å². The molecule has 2 fully saturated rings. The van der Waals surface area contributed by atoms with Crippen molar-refractivity contribution in [1.29, 1.82) is 0 Å². The summed E-state index contributed by atoms with van der Waals surface area (Å²) in [7, 11) is -1.60. The summed E-state index contributed by atoms with van der Waals surface area (Å²) in [4.78, 5) is 2.40. The molecule has 2 saturated heterocycles. The minimum absolute atomic E-state index is 0.249. The van der Waals surface area contributed by atoms with Crippen LogP contribution in [-0.2, 0) is 16.8 Å². The Morgan fingerprint density at radius 2 is 1.85 bits per heavy atom. The van der Waals surface area contributed by atoms with E-state index in [0.717, 1.165) is 32.5 Å². The second-order valence-electron chi connectivity index (χ2n) is 5.91. The number of likely N-dealkylation sites (N-methyl/N-ethyl adjacent to an activating group) is 1. The van der Waals surface area contributed by atoms with Crippen molar-refractivity contribution in [3.05, 3.63) is 35.9 Å². The van der Waals surface area contributed by atoms with Crippen LogP contribution < -0.4 is 4.72 Å². The SMILES string of the molecule is CN1CC2(CCN(Cc3ccccc3)CC2)NS1(=O)=O. The smallest absolute Gasteiger partial charge is 0.279 e. The molecule has 0 atom stereocenters. The fourth-order valence-corrected chi connectivity index (χ4v) is 4.52. The molecule has 0 aromatic heterocycles. The Kier molecular flexibility index (Phi) is 3.58. The number of piperidine rings is 1. The third-order valence-electron chi connectivity index (χ3n) is 4.34. The molecular weight excluding hydrogens is 274 g/mol. The van der Waals surface area contributed by atoms with E-state index in [2.05, 4.69) is 33.9 Å². The van der Waals surface area contributed by atoms with Gasteiger partial charge >= 0.3 is 0 Å². The van der Waals surface area contributed by atoms with Gasteiger partial charge in [0, 0.05) is 33.2 Å². The molecule has 0 unspecified atom stereocenters. The highest BCUT2D eigenvalue weighted by atomic mass is 32.2. The molecule has 0 aliphatic carbocycles. The molecule has 0 bridgehead atoms. The van der Waals surface area contributed by atoms with E-state index in [9.17, 15) is 8.42 Å². The number of nitrogens with zero attached hydrogens (tertiary/aromatic N) is 2. The monoisotopic (exact) mass is 295 g/mol. The van der Waals surface area contributed by atoms with Gasteiger partial charge in [0.2, 0.25) is 0 Å². The molecule has 2 aliphatic heterocycles. The lowest BCUT2D eigenvalue weighted by atomic mass is 9.88. The number of benzene rings is 1. The molecule has 110 valence electrons. The number of nitrogens with one attached hydrogen (secondary N) is 1. The van der Waals surface area contributed by atoms with E-state index in [1.54, 1.807) is 7.05 Å². The summed E-state index contributed by atoms with van der Waals surface area (Å²) in [5.74, 6) is 0. The molecule has 1 N–H and O–H groups in total. The van der Waals surface area contributed by atoms with Crippen LogP contribution in [0.25, 0.3) is 0 Å². The Labute approximate surface area is 120 Å². The Bertz CT molecular complexity index is 565. The van der Waals surface area contributed by atoms with Crippen molar-refractivity contribution in [3.8, 4) is 0 Å². The van der Waals surface area contributed by atoms with Crippen LogP contribution in [0.3, 0.4) is 0 Å². The fraction of sp³-hybridized carbons (Fsp3) is 0.571. The van der Waals surface area contributed by atoms with Crippen molar-refractivity contribution in [2.45, 2.75) is 24.9 Å². The van der Waals surface area contributed by atoms with Gasteiger partial charge in [0.15, 0.2) is 0 Å².